The summed E-state index contributed by atoms with van der Waals surface area (Å²) in [6.45, 7) is 8.28. The Bertz CT molecular complexity index is 713. The van der Waals surface area contributed by atoms with Crippen LogP contribution in [0.5, 0.6) is 0 Å². The van der Waals surface area contributed by atoms with E-state index in [0.29, 0.717) is 30.5 Å². The predicted octanol–water partition coefficient (Wildman–Crippen LogP) is 3.27. The molecule has 0 bridgehead atoms. The van der Waals surface area contributed by atoms with Gasteiger partial charge >= 0.3 is 0 Å². The van der Waals surface area contributed by atoms with Crippen LogP contribution in [0.15, 0.2) is 40.7 Å². The number of aliphatic imine (C=N–C) groups is 1. The second-order valence-electron chi connectivity index (χ2n) is 6.22. The molecule has 2 rings (SSSR count). The summed E-state index contributed by atoms with van der Waals surface area (Å²) in [6, 6.07) is 9.94. The van der Waals surface area contributed by atoms with Crippen molar-refractivity contribution in [2.75, 3.05) is 18.8 Å². The first-order valence-corrected chi connectivity index (χ1v) is 11.3. The zero-order valence-electron chi connectivity index (χ0n) is 15.7. The average Bonchev–Trinajstić information content (AvgIpc) is 3.10. The van der Waals surface area contributed by atoms with Gasteiger partial charge in [-0.2, -0.15) is 0 Å². The third-order valence-corrected chi connectivity index (χ3v) is 5.84. The normalized spacial score (nSPS) is 13.0. The monoisotopic (exact) mass is 392 g/mol. The number of hydrogen-bond acceptors (Lipinski definition) is 4. The summed E-state index contributed by atoms with van der Waals surface area (Å²) in [5.41, 5.74) is 2.23. The van der Waals surface area contributed by atoms with Crippen LogP contribution >= 0.6 is 11.3 Å². The Kier molecular flexibility index (Phi) is 8.77. The molecule has 1 aromatic carbocycles. The van der Waals surface area contributed by atoms with Crippen LogP contribution in [0.25, 0.3) is 0 Å². The van der Waals surface area contributed by atoms with Crippen molar-refractivity contribution in [1.82, 2.24) is 15.6 Å². The maximum absolute atomic E-state index is 12.2. The largest absolute Gasteiger partial charge is 0.357 e. The number of hydrogen-bond donors (Lipinski definition) is 2. The molecule has 0 radical (unpaired) electrons. The Morgan fingerprint density at radius 1 is 1.27 bits per heavy atom. The summed E-state index contributed by atoms with van der Waals surface area (Å²) < 4.78 is 12.2. The number of benzene rings is 1. The fourth-order valence-electron chi connectivity index (χ4n) is 2.27. The molecule has 5 nitrogen and oxygen atoms in total. The van der Waals surface area contributed by atoms with E-state index in [1.165, 1.54) is 0 Å². The van der Waals surface area contributed by atoms with Gasteiger partial charge in [0.1, 0.15) is 5.01 Å². The average molecular weight is 393 g/mol. The summed E-state index contributed by atoms with van der Waals surface area (Å²) in [7, 11) is -0.889. The molecule has 2 N–H and O–H groups in total. The maximum Gasteiger partial charge on any atom is 0.191 e. The quantitative estimate of drug-likeness (QED) is 0.508. The van der Waals surface area contributed by atoms with Crippen LogP contribution in [0, 0.1) is 0 Å². The van der Waals surface area contributed by atoms with E-state index in [0.717, 1.165) is 28.8 Å². The number of nitrogens with one attached hydrogen (secondary N) is 2. The van der Waals surface area contributed by atoms with Crippen LogP contribution in [0.1, 0.15) is 43.0 Å². The molecule has 26 heavy (non-hydrogen) atoms. The first-order valence-electron chi connectivity index (χ1n) is 8.93. The summed E-state index contributed by atoms with van der Waals surface area (Å²) in [6.07, 6.45) is 0. The van der Waals surface area contributed by atoms with Gasteiger partial charge in [-0.25, -0.2) is 9.98 Å². The summed E-state index contributed by atoms with van der Waals surface area (Å²) in [4.78, 5) is 9.19. The van der Waals surface area contributed by atoms with Gasteiger partial charge in [-0.3, -0.25) is 4.21 Å². The minimum absolute atomic E-state index is 0.440. The van der Waals surface area contributed by atoms with E-state index in [2.05, 4.69) is 39.8 Å². The van der Waals surface area contributed by atoms with E-state index in [-0.39, 0.29) is 0 Å². The first-order chi connectivity index (χ1) is 12.6. The molecular weight excluding hydrogens is 364 g/mol. The van der Waals surface area contributed by atoms with Gasteiger partial charge in [0.15, 0.2) is 5.96 Å². The number of nitrogens with zero attached hydrogens (tertiary/aromatic N) is 2. The molecule has 2 aromatic rings. The predicted molar refractivity (Wildman–Crippen MR) is 112 cm³/mol. The highest BCUT2D eigenvalue weighted by molar-refractivity contribution is 7.84. The number of rotatable bonds is 9. The molecule has 0 aliphatic carbocycles. The molecule has 1 unspecified atom stereocenters. The van der Waals surface area contributed by atoms with Gasteiger partial charge in [0.2, 0.25) is 0 Å². The van der Waals surface area contributed by atoms with Gasteiger partial charge in [0.05, 0.1) is 12.2 Å². The third kappa shape index (κ3) is 7.25. The van der Waals surface area contributed by atoms with E-state index in [1.54, 1.807) is 11.3 Å². The fraction of sp³-hybridized carbons (Fsp3) is 0.474. The van der Waals surface area contributed by atoms with E-state index in [9.17, 15) is 4.21 Å². The lowest BCUT2D eigenvalue weighted by atomic mass is 10.2. The minimum atomic E-state index is -0.889. The molecule has 7 heteroatoms. The molecule has 0 aliphatic heterocycles. The van der Waals surface area contributed by atoms with Gasteiger partial charge < -0.3 is 10.6 Å². The van der Waals surface area contributed by atoms with Crippen molar-refractivity contribution in [3.63, 3.8) is 0 Å². The Balaban J connectivity index is 1.80. The van der Waals surface area contributed by atoms with Crippen LogP contribution in [0.4, 0.5) is 0 Å². The summed E-state index contributed by atoms with van der Waals surface area (Å²) >= 11 is 1.65. The zero-order chi connectivity index (χ0) is 18.8. The third-order valence-electron chi connectivity index (χ3n) is 3.67. The molecule has 0 saturated carbocycles. The Labute approximate surface area is 162 Å². The van der Waals surface area contributed by atoms with Crippen molar-refractivity contribution in [1.29, 1.82) is 0 Å². The van der Waals surface area contributed by atoms with Crippen LogP contribution in [-0.4, -0.2) is 34.0 Å². The summed E-state index contributed by atoms with van der Waals surface area (Å²) in [5.74, 6) is 2.36. The molecule has 0 fully saturated rings. The Morgan fingerprint density at radius 3 is 2.69 bits per heavy atom. The number of thiazole rings is 1. The molecule has 1 heterocycles. The van der Waals surface area contributed by atoms with Gasteiger partial charge in [0, 0.05) is 40.8 Å². The van der Waals surface area contributed by atoms with Gasteiger partial charge in [0.25, 0.3) is 0 Å². The molecular formula is C19H28N4OS2. The molecule has 0 spiro atoms. The maximum atomic E-state index is 12.2. The molecule has 1 aromatic heterocycles. The van der Waals surface area contributed by atoms with E-state index in [1.807, 2.05) is 37.3 Å². The van der Waals surface area contributed by atoms with Crippen LogP contribution in [0.2, 0.25) is 0 Å². The lowest BCUT2D eigenvalue weighted by Gasteiger charge is -2.11. The highest BCUT2D eigenvalue weighted by atomic mass is 32.2. The van der Waals surface area contributed by atoms with E-state index >= 15 is 0 Å². The van der Waals surface area contributed by atoms with Crippen molar-refractivity contribution >= 4 is 28.1 Å². The first kappa shape index (κ1) is 20.6. The SMILES string of the molecule is CCNC(=NCc1nc(C(C)C)cs1)NCCS(=O)Cc1ccccc1. The van der Waals surface area contributed by atoms with E-state index < -0.39 is 10.8 Å². The molecule has 0 amide bonds. The zero-order valence-corrected chi connectivity index (χ0v) is 17.3. The van der Waals surface area contributed by atoms with Crippen molar-refractivity contribution in [3.05, 3.63) is 52.0 Å². The molecule has 1 atom stereocenters. The Morgan fingerprint density at radius 2 is 2.04 bits per heavy atom. The number of guanidine groups is 1. The Hall–Kier alpha value is -1.73. The van der Waals surface area contributed by atoms with Crippen molar-refractivity contribution in [3.8, 4) is 0 Å². The van der Waals surface area contributed by atoms with Crippen molar-refractivity contribution < 1.29 is 4.21 Å². The highest BCUT2D eigenvalue weighted by Gasteiger charge is 2.06. The van der Waals surface area contributed by atoms with Crippen LogP contribution in [0.3, 0.4) is 0 Å². The summed E-state index contributed by atoms with van der Waals surface area (Å²) in [5, 5.41) is 9.59. The van der Waals surface area contributed by atoms with E-state index in [4.69, 9.17) is 0 Å². The molecule has 142 valence electrons. The van der Waals surface area contributed by atoms with Crippen LogP contribution in [-0.2, 0) is 23.1 Å². The molecule has 0 saturated heterocycles. The van der Waals surface area contributed by atoms with Crippen molar-refractivity contribution in [2.24, 2.45) is 4.99 Å². The fourth-order valence-corrected chi connectivity index (χ4v) is 4.18. The standard InChI is InChI=1S/C19H28N4OS2/c1-4-20-19(22-12-18-23-17(13-25-18)15(2)3)21-10-11-26(24)14-16-8-6-5-7-9-16/h5-9,13,15H,4,10-12,14H2,1-3H3,(H2,20,21,22). The number of aromatic nitrogens is 1. The van der Waals surface area contributed by atoms with Crippen molar-refractivity contribution in [2.45, 2.75) is 39.0 Å². The second-order valence-corrected chi connectivity index (χ2v) is 8.74. The van der Waals surface area contributed by atoms with Crippen LogP contribution < -0.4 is 10.6 Å². The molecule has 0 aliphatic rings. The minimum Gasteiger partial charge on any atom is -0.357 e. The smallest absolute Gasteiger partial charge is 0.191 e. The second kappa shape index (κ2) is 11.1. The topological polar surface area (TPSA) is 66.4 Å². The van der Waals surface area contributed by atoms with Gasteiger partial charge in [-0.05, 0) is 18.4 Å². The lowest BCUT2D eigenvalue weighted by Crippen LogP contribution is -2.39. The van der Waals surface area contributed by atoms with Gasteiger partial charge in [-0.1, -0.05) is 44.2 Å². The van der Waals surface area contributed by atoms with Gasteiger partial charge in [-0.15, -0.1) is 11.3 Å². The highest BCUT2D eigenvalue weighted by Crippen LogP contribution is 2.18. The lowest BCUT2D eigenvalue weighted by molar-refractivity contribution is 0.680.